The molecule has 1 aromatic carbocycles. The van der Waals surface area contributed by atoms with Gasteiger partial charge in [-0.3, -0.25) is 9.69 Å². The predicted octanol–water partition coefficient (Wildman–Crippen LogP) is 1.55. The van der Waals surface area contributed by atoms with E-state index < -0.39 is 5.97 Å². The lowest BCUT2D eigenvalue weighted by Crippen LogP contribution is -2.46. The summed E-state index contributed by atoms with van der Waals surface area (Å²) < 4.78 is 7.32. The van der Waals surface area contributed by atoms with Crippen LogP contribution in [0, 0.1) is 0 Å². The molecule has 0 aliphatic carbocycles. The molecule has 0 spiro atoms. The summed E-state index contributed by atoms with van der Waals surface area (Å²) in [6.45, 7) is 2.50. The smallest absolute Gasteiger partial charge is 0.305 e. The zero-order chi connectivity index (χ0) is 15.4. The first-order valence-corrected chi connectivity index (χ1v) is 7.36. The van der Waals surface area contributed by atoms with Gasteiger partial charge in [0.15, 0.2) is 0 Å². The molecular formula is C16H19N3O3. The molecule has 0 radical (unpaired) electrons. The van der Waals surface area contributed by atoms with Crippen LogP contribution in [0.3, 0.4) is 0 Å². The molecular weight excluding hydrogens is 282 g/mol. The summed E-state index contributed by atoms with van der Waals surface area (Å²) in [5.41, 5.74) is 2.05. The maximum Gasteiger partial charge on any atom is 0.305 e. The van der Waals surface area contributed by atoms with E-state index >= 15 is 0 Å². The number of nitrogens with zero attached hydrogens (tertiary/aromatic N) is 3. The lowest BCUT2D eigenvalue weighted by Gasteiger charge is -2.34. The number of hydrogen-bond donors (Lipinski definition) is 1. The van der Waals surface area contributed by atoms with E-state index in [1.807, 2.05) is 41.1 Å². The second-order valence-corrected chi connectivity index (χ2v) is 5.37. The largest absolute Gasteiger partial charge is 0.481 e. The maximum absolute atomic E-state index is 11.0. The molecule has 2 heterocycles. The van der Waals surface area contributed by atoms with Gasteiger partial charge < -0.3 is 9.84 Å². The zero-order valence-electron chi connectivity index (χ0n) is 12.3. The van der Waals surface area contributed by atoms with E-state index in [1.54, 1.807) is 6.20 Å². The average molecular weight is 301 g/mol. The normalized spacial score (nSPS) is 19.2. The number of hydrogen-bond acceptors (Lipinski definition) is 4. The number of aliphatic carboxylic acids is 1. The number of para-hydroxylation sites is 1. The van der Waals surface area contributed by atoms with Crippen molar-refractivity contribution in [2.24, 2.45) is 0 Å². The molecule has 6 nitrogen and oxygen atoms in total. The first kappa shape index (κ1) is 14.7. The van der Waals surface area contributed by atoms with Crippen molar-refractivity contribution in [3.63, 3.8) is 0 Å². The second kappa shape index (κ2) is 6.72. The molecule has 1 N–H and O–H groups in total. The Hall–Kier alpha value is -2.18. The minimum absolute atomic E-state index is 0.0922. The van der Waals surface area contributed by atoms with Gasteiger partial charge in [0.05, 0.1) is 31.0 Å². The van der Waals surface area contributed by atoms with Crippen LogP contribution in [-0.4, -0.2) is 51.6 Å². The van der Waals surface area contributed by atoms with Crippen molar-refractivity contribution in [2.45, 2.75) is 19.0 Å². The van der Waals surface area contributed by atoms with Gasteiger partial charge in [0.25, 0.3) is 0 Å². The number of carbonyl (C=O) groups is 1. The van der Waals surface area contributed by atoms with E-state index in [0.29, 0.717) is 19.8 Å². The molecule has 6 heteroatoms. The number of ether oxygens (including phenoxy) is 1. The Morgan fingerprint density at radius 2 is 2.14 bits per heavy atom. The van der Waals surface area contributed by atoms with Crippen LogP contribution in [0.5, 0.6) is 0 Å². The van der Waals surface area contributed by atoms with Crippen molar-refractivity contribution < 1.29 is 14.6 Å². The van der Waals surface area contributed by atoms with Gasteiger partial charge in [0, 0.05) is 25.3 Å². The first-order chi connectivity index (χ1) is 10.7. The molecule has 116 valence electrons. The molecule has 0 saturated carbocycles. The fourth-order valence-corrected chi connectivity index (χ4v) is 2.75. The van der Waals surface area contributed by atoms with E-state index in [4.69, 9.17) is 9.84 Å². The SMILES string of the molecule is O=C(O)CC1COCCN1Cc1ccnn1-c1ccccc1. The number of carboxylic acid groups (broad SMARTS) is 1. The third-order valence-corrected chi connectivity index (χ3v) is 3.85. The van der Waals surface area contributed by atoms with Crippen LogP contribution in [0.15, 0.2) is 42.6 Å². The highest BCUT2D eigenvalue weighted by Crippen LogP contribution is 2.17. The minimum Gasteiger partial charge on any atom is -0.481 e. The van der Waals surface area contributed by atoms with Gasteiger partial charge in [0.1, 0.15) is 0 Å². The fraction of sp³-hybridized carbons (Fsp3) is 0.375. The van der Waals surface area contributed by atoms with Crippen LogP contribution >= 0.6 is 0 Å². The number of rotatable bonds is 5. The number of aromatic nitrogens is 2. The van der Waals surface area contributed by atoms with Crippen molar-refractivity contribution in [1.29, 1.82) is 0 Å². The minimum atomic E-state index is -0.794. The number of carboxylic acids is 1. The molecule has 3 rings (SSSR count). The van der Waals surface area contributed by atoms with Gasteiger partial charge in [-0.05, 0) is 18.2 Å². The first-order valence-electron chi connectivity index (χ1n) is 7.36. The van der Waals surface area contributed by atoms with Crippen LogP contribution in [0.1, 0.15) is 12.1 Å². The van der Waals surface area contributed by atoms with E-state index in [9.17, 15) is 4.79 Å². The van der Waals surface area contributed by atoms with E-state index in [0.717, 1.165) is 17.9 Å². The lowest BCUT2D eigenvalue weighted by atomic mass is 10.1. The van der Waals surface area contributed by atoms with Gasteiger partial charge in [-0.1, -0.05) is 18.2 Å². The summed E-state index contributed by atoms with van der Waals surface area (Å²) in [5, 5.41) is 13.4. The summed E-state index contributed by atoms with van der Waals surface area (Å²) in [5.74, 6) is -0.794. The molecule has 22 heavy (non-hydrogen) atoms. The Bertz CT molecular complexity index is 627. The standard InChI is InChI=1S/C16H19N3O3/c20-16(21)10-15-12-22-9-8-18(15)11-14-6-7-17-19(14)13-4-2-1-3-5-13/h1-7,15H,8-12H2,(H,20,21). The fourth-order valence-electron chi connectivity index (χ4n) is 2.75. The Balaban J connectivity index is 1.78. The Morgan fingerprint density at radius 1 is 1.32 bits per heavy atom. The highest BCUT2D eigenvalue weighted by Gasteiger charge is 2.26. The third-order valence-electron chi connectivity index (χ3n) is 3.85. The van der Waals surface area contributed by atoms with Crippen molar-refractivity contribution in [2.75, 3.05) is 19.8 Å². The maximum atomic E-state index is 11.0. The summed E-state index contributed by atoms with van der Waals surface area (Å²) in [6.07, 6.45) is 1.87. The van der Waals surface area contributed by atoms with Crippen molar-refractivity contribution in [1.82, 2.24) is 14.7 Å². The van der Waals surface area contributed by atoms with E-state index in [1.165, 1.54) is 0 Å². The predicted molar refractivity (Wildman–Crippen MR) is 80.8 cm³/mol. The van der Waals surface area contributed by atoms with E-state index in [2.05, 4.69) is 10.00 Å². The quantitative estimate of drug-likeness (QED) is 0.907. The molecule has 2 aromatic rings. The molecule has 1 aliphatic rings. The highest BCUT2D eigenvalue weighted by molar-refractivity contribution is 5.67. The van der Waals surface area contributed by atoms with Crippen LogP contribution in [0.2, 0.25) is 0 Å². The highest BCUT2D eigenvalue weighted by atomic mass is 16.5. The molecule has 1 aromatic heterocycles. The molecule has 0 bridgehead atoms. The zero-order valence-corrected chi connectivity index (χ0v) is 12.3. The lowest BCUT2D eigenvalue weighted by molar-refractivity contribution is -0.140. The van der Waals surface area contributed by atoms with E-state index in [-0.39, 0.29) is 12.5 Å². The molecule has 1 unspecified atom stereocenters. The molecule has 1 fully saturated rings. The molecule has 0 amide bonds. The molecule has 1 aliphatic heterocycles. The van der Waals surface area contributed by atoms with Crippen LogP contribution in [-0.2, 0) is 16.1 Å². The summed E-state index contributed by atoms with van der Waals surface area (Å²) in [7, 11) is 0. The number of morpholine rings is 1. The van der Waals surface area contributed by atoms with Crippen molar-refractivity contribution in [3.8, 4) is 5.69 Å². The molecule has 1 atom stereocenters. The average Bonchev–Trinajstić information content (AvgIpc) is 2.98. The van der Waals surface area contributed by atoms with Gasteiger partial charge in [-0.15, -0.1) is 0 Å². The van der Waals surface area contributed by atoms with Gasteiger partial charge in [-0.2, -0.15) is 5.10 Å². The van der Waals surface area contributed by atoms with Crippen LogP contribution in [0.25, 0.3) is 5.69 Å². The monoisotopic (exact) mass is 301 g/mol. The Kier molecular flexibility index (Phi) is 4.50. The van der Waals surface area contributed by atoms with Gasteiger partial charge in [-0.25, -0.2) is 4.68 Å². The topological polar surface area (TPSA) is 67.6 Å². The summed E-state index contributed by atoms with van der Waals surface area (Å²) in [4.78, 5) is 13.2. The van der Waals surface area contributed by atoms with Crippen LogP contribution < -0.4 is 0 Å². The second-order valence-electron chi connectivity index (χ2n) is 5.37. The summed E-state index contributed by atoms with van der Waals surface area (Å²) >= 11 is 0. The third kappa shape index (κ3) is 3.35. The number of benzene rings is 1. The van der Waals surface area contributed by atoms with Crippen LogP contribution in [0.4, 0.5) is 0 Å². The van der Waals surface area contributed by atoms with Gasteiger partial charge in [0.2, 0.25) is 0 Å². The van der Waals surface area contributed by atoms with Crippen molar-refractivity contribution >= 4 is 5.97 Å². The van der Waals surface area contributed by atoms with Crippen molar-refractivity contribution in [3.05, 3.63) is 48.3 Å². The molecule has 1 saturated heterocycles. The Morgan fingerprint density at radius 3 is 2.91 bits per heavy atom. The summed E-state index contributed by atoms with van der Waals surface area (Å²) in [6, 6.07) is 11.8. The Labute approximate surface area is 128 Å². The van der Waals surface area contributed by atoms with Gasteiger partial charge >= 0.3 is 5.97 Å².